The Morgan fingerprint density at radius 1 is 0.741 bits per heavy atom. The molecule has 2 amide bonds. The Morgan fingerprint density at radius 3 is 1.81 bits per heavy atom. The van der Waals surface area contributed by atoms with E-state index in [0.717, 1.165) is 11.1 Å². The van der Waals surface area contributed by atoms with Crippen LogP contribution in [-0.2, 0) is 9.59 Å². The van der Waals surface area contributed by atoms with E-state index < -0.39 is 17.9 Å². The second kappa shape index (κ2) is 8.45. The molecule has 27 heavy (non-hydrogen) atoms. The number of para-hydroxylation sites is 1. The first-order chi connectivity index (χ1) is 13.2. The van der Waals surface area contributed by atoms with Crippen LogP contribution in [0.5, 0.6) is 0 Å². The predicted octanol–water partition coefficient (Wildman–Crippen LogP) is 3.40. The van der Waals surface area contributed by atoms with Gasteiger partial charge in [-0.1, -0.05) is 72.8 Å². The highest BCUT2D eigenvalue weighted by Crippen LogP contribution is 2.22. The molecule has 0 aliphatic heterocycles. The van der Waals surface area contributed by atoms with Gasteiger partial charge in [0.15, 0.2) is 0 Å². The van der Waals surface area contributed by atoms with Crippen LogP contribution in [0.15, 0.2) is 84.9 Å². The molecule has 0 aliphatic rings. The van der Waals surface area contributed by atoms with Crippen molar-refractivity contribution in [2.45, 2.75) is 6.04 Å². The van der Waals surface area contributed by atoms with Gasteiger partial charge in [-0.25, -0.2) is 0 Å². The average Bonchev–Trinajstić information content (AvgIpc) is 2.73. The lowest BCUT2D eigenvalue weighted by molar-refractivity contribution is -0.136. The number of rotatable bonds is 4. The maximum atomic E-state index is 12.5. The SMILES string of the molecule is N#Cc1ccccc1NC(=O)C(=O)NC(c1ccccc1)c1ccccc1. The summed E-state index contributed by atoms with van der Waals surface area (Å²) >= 11 is 0. The third kappa shape index (κ3) is 4.39. The van der Waals surface area contributed by atoms with Crippen molar-refractivity contribution >= 4 is 17.5 Å². The molecule has 0 saturated heterocycles. The molecule has 0 fully saturated rings. The van der Waals surface area contributed by atoms with Gasteiger partial charge in [-0.15, -0.1) is 0 Å². The fraction of sp³-hybridized carbons (Fsp3) is 0.0455. The molecule has 2 N–H and O–H groups in total. The van der Waals surface area contributed by atoms with E-state index in [2.05, 4.69) is 10.6 Å². The van der Waals surface area contributed by atoms with Crippen LogP contribution in [0, 0.1) is 11.3 Å². The van der Waals surface area contributed by atoms with E-state index in [-0.39, 0.29) is 0 Å². The van der Waals surface area contributed by atoms with Crippen molar-refractivity contribution in [3.8, 4) is 6.07 Å². The minimum atomic E-state index is -0.824. The maximum absolute atomic E-state index is 12.5. The normalized spacial score (nSPS) is 10.1. The van der Waals surface area contributed by atoms with E-state index in [1.54, 1.807) is 24.3 Å². The molecule has 132 valence electrons. The van der Waals surface area contributed by atoms with E-state index in [0.29, 0.717) is 11.3 Å². The van der Waals surface area contributed by atoms with Crippen LogP contribution < -0.4 is 10.6 Å². The van der Waals surface area contributed by atoms with Gasteiger partial charge in [0, 0.05) is 0 Å². The van der Waals surface area contributed by atoms with Gasteiger partial charge < -0.3 is 10.6 Å². The Bertz CT molecular complexity index is 940. The third-order valence-electron chi connectivity index (χ3n) is 4.04. The highest BCUT2D eigenvalue weighted by Gasteiger charge is 2.22. The Hall–Kier alpha value is -3.91. The molecule has 5 nitrogen and oxygen atoms in total. The Kier molecular flexibility index (Phi) is 5.60. The van der Waals surface area contributed by atoms with Crippen LogP contribution in [0.2, 0.25) is 0 Å². The largest absolute Gasteiger partial charge is 0.337 e. The number of nitrogens with zero attached hydrogens (tertiary/aromatic N) is 1. The summed E-state index contributed by atoms with van der Waals surface area (Å²) in [6, 6.07) is 26.9. The average molecular weight is 355 g/mol. The van der Waals surface area contributed by atoms with Crippen molar-refractivity contribution in [1.82, 2.24) is 5.32 Å². The van der Waals surface area contributed by atoms with Crippen LogP contribution in [-0.4, -0.2) is 11.8 Å². The van der Waals surface area contributed by atoms with E-state index in [1.807, 2.05) is 66.7 Å². The highest BCUT2D eigenvalue weighted by molar-refractivity contribution is 6.39. The number of hydrogen-bond acceptors (Lipinski definition) is 3. The zero-order chi connectivity index (χ0) is 19.1. The van der Waals surface area contributed by atoms with E-state index in [4.69, 9.17) is 5.26 Å². The van der Waals surface area contributed by atoms with Gasteiger partial charge in [-0.2, -0.15) is 5.26 Å². The van der Waals surface area contributed by atoms with Crippen LogP contribution in [0.1, 0.15) is 22.7 Å². The van der Waals surface area contributed by atoms with E-state index in [9.17, 15) is 9.59 Å². The molecule has 0 unspecified atom stereocenters. The molecule has 0 spiro atoms. The molecule has 0 heterocycles. The van der Waals surface area contributed by atoms with Crippen LogP contribution in [0.25, 0.3) is 0 Å². The second-order valence-electron chi connectivity index (χ2n) is 5.84. The molecule has 3 aromatic carbocycles. The van der Waals surface area contributed by atoms with E-state index >= 15 is 0 Å². The zero-order valence-corrected chi connectivity index (χ0v) is 14.4. The summed E-state index contributed by atoms with van der Waals surface area (Å²) in [5, 5.41) is 14.4. The molecule has 0 aromatic heterocycles. The first kappa shape index (κ1) is 17.9. The second-order valence-corrected chi connectivity index (χ2v) is 5.84. The van der Waals surface area contributed by atoms with Crippen molar-refractivity contribution < 1.29 is 9.59 Å². The van der Waals surface area contributed by atoms with Gasteiger partial charge in [0.1, 0.15) is 6.07 Å². The molecular weight excluding hydrogens is 338 g/mol. The van der Waals surface area contributed by atoms with Gasteiger partial charge in [0.2, 0.25) is 0 Å². The lowest BCUT2D eigenvalue weighted by atomic mass is 9.98. The van der Waals surface area contributed by atoms with Crippen LogP contribution in [0.3, 0.4) is 0 Å². The standard InChI is InChI=1S/C22H17N3O2/c23-15-18-13-7-8-14-19(18)24-21(26)22(27)25-20(16-9-3-1-4-10-16)17-11-5-2-6-12-17/h1-14,20H,(H,24,26)(H,25,27). The van der Waals surface area contributed by atoms with Gasteiger partial charge in [0.25, 0.3) is 0 Å². The van der Waals surface area contributed by atoms with Crippen LogP contribution in [0.4, 0.5) is 5.69 Å². The highest BCUT2D eigenvalue weighted by atomic mass is 16.2. The summed E-state index contributed by atoms with van der Waals surface area (Å²) < 4.78 is 0. The molecule has 0 aliphatic carbocycles. The summed E-state index contributed by atoms with van der Waals surface area (Å²) in [7, 11) is 0. The number of carbonyl (C=O) groups excluding carboxylic acids is 2. The minimum Gasteiger partial charge on any atom is -0.337 e. The molecule has 3 rings (SSSR count). The number of benzene rings is 3. The maximum Gasteiger partial charge on any atom is 0.313 e. The zero-order valence-electron chi connectivity index (χ0n) is 14.4. The van der Waals surface area contributed by atoms with Crippen molar-refractivity contribution in [3.63, 3.8) is 0 Å². The molecular formula is C22H17N3O2. The fourth-order valence-electron chi connectivity index (χ4n) is 2.72. The number of carbonyl (C=O) groups is 2. The topological polar surface area (TPSA) is 82.0 Å². The molecule has 0 saturated carbocycles. The van der Waals surface area contributed by atoms with Crippen molar-refractivity contribution in [2.24, 2.45) is 0 Å². The lowest BCUT2D eigenvalue weighted by Gasteiger charge is -2.19. The molecule has 0 atom stereocenters. The van der Waals surface area contributed by atoms with Crippen molar-refractivity contribution in [2.75, 3.05) is 5.32 Å². The predicted molar refractivity (Wildman–Crippen MR) is 103 cm³/mol. The number of amides is 2. The van der Waals surface area contributed by atoms with Gasteiger partial charge in [0.05, 0.1) is 17.3 Å². The molecule has 0 radical (unpaired) electrons. The first-order valence-corrected chi connectivity index (χ1v) is 8.40. The molecule has 0 bridgehead atoms. The fourth-order valence-corrected chi connectivity index (χ4v) is 2.72. The number of hydrogen-bond donors (Lipinski definition) is 2. The summed E-state index contributed by atoms with van der Waals surface area (Å²) in [5.74, 6) is -1.60. The number of nitrogens with one attached hydrogen (secondary N) is 2. The summed E-state index contributed by atoms with van der Waals surface area (Å²) in [6.45, 7) is 0. The first-order valence-electron chi connectivity index (χ1n) is 8.40. The monoisotopic (exact) mass is 355 g/mol. The molecule has 3 aromatic rings. The lowest BCUT2D eigenvalue weighted by Crippen LogP contribution is -2.38. The van der Waals surface area contributed by atoms with Crippen molar-refractivity contribution in [3.05, 3.63) is 102 Å². The van der Waals surface area contributed by atoms with Gasteiger partial charge >= 0.3 is 11.8 Å². The van der Waals surface area contributed by atoms with Gasteiger partial charge in [-0.3, -0.25) is 9.59 Å². The van der Waals surface area contributed by atoms with Gasteiger partial charge in [-0.05, 0) is 23.3 Å². The number of nitriles is 1. The Morgan fingerprint density at radius 2 is 1.26 bits per heavy atom. The number of anilines is 1. The molecule has 5 heteroatoms. The van der Waals surface area contributed by atoms with E-state index in [1.165, 1.54) is 0 Å². The quantitative estimate of drug-likeness (QED) is 0.704. The van der Waals surface area contributed by atoms with Crippen LogP contribution >= 0.6 is 0 Å². The van der Waals surface area contributed by atoms with Crippen molar-refractivity contribution in [1.29, 1.82) is 5.26 Å². The minimum absolute atomic E-state index is 0.293. The summed E-state index contributed by atoms with van der Waals surface area (Å²) in [6.07, 6.45) is 0. The smallest absolute Gasteiger partial charge is 0.313 e. The third-order valence-corrected chi connectivity index (χ3v) is 4.04. The summed E-state index contributed by atoms with van der Waals surface area (Å²) in [4.78, 5) is 24.8. The Labute approximate surface area is 157 Å². The summed E-state index contributed by atoms with van der Waals surface area (Å²) in [5.41, 5.74) is 2.32. The Balaban J connectivity index is 1.80.